The molecular weight excluding hydrogens is 182 g/mol. The standard InChI is InChI=1S/C10H19NO3/c1-3-5-9(12)11-7-4-6-8(2)10(13)14/h8H,3-7H2,1-2H3,(H,11,12)(H,13,14). The summed E-state index contributed by atoms with van der Waals surface area (Å²) < 4.78 is 0. The summed E-state index contributed by atoms with van der Waals surface area (Å²) in [6.07, 6.45) is 2.73. The fraction of sp³-hybridized carbons (Fsp3) is 0.800. The molecule has 0 saturated carbocycles. The zero-order chi connectivity index (χ0) is 11.0. The number of carbonyl (C=O) groups is 2. The van der Waals surface area contributed by atoms with Crippen molar-refractivity contribution >= 4 is 11.9 Å². The predicted molar refractivity (Wildman–Crippen MR) is 54.0 cm³/mol. The molecule has 0 rings (SSSR count). The zero-order valence-corrected chi connectivity index (χ0v) is 8.88. The Bertz CT molecular complexity index is 192. The van der Waals surface area contributed by atoms with Crippen LogP contribution in [0.2, 0.25) is 0 Å². The maximum atomic E-state index is 11.0. The minimum Gasteiger partial charge on any atom is -0.481 e. The second-order valence-electron chi connectivity index (χ2n) is 3.48. The van der Waals surface area contributed by atoms with Gasteiger partial charge in [0.25, 0.3) is 0 Å². The molecule has 0 radical (unpaired) electrons. The lowest BCUT2D eigenvalue weighted by molar-refractivity contribution is -0.141. The second kappa shape index (κ2) is 7.35. The first kappa shape index (κ1) is 12.9. The highest BCUT2D eigenvalue weighted by molar-refractivity contribution is 5.75. The van der Waals surface area contributed by atoms with Gasteiger partial charge >= 0.3 is 5.97 Å². The molecule has 0 bridgehead atoms. The summed E-state index contributed by atoms with van der Waals surface area (Å²) in [6, 6.07) is 0. The van der Waals surface area contributed by atoms with Gasteiger partial charge in [0.05, 0.1) is 5.92 Å². The van der Waals surface area contributed by atoms with Crippen LogP contribution in [0.4, 0.5) is 0 Å². The smallest absolute Gasteiger partial charge is 0.306 e. The summed E-state index contributed by atoms with van der Waals surface area (Å²) >= 11 is 0. The lowest BCUT2D eigenvalue weighted by atomic mass is 10.1. The Morgan fingerprint density at radius 1 is 1.43 bits per heavy atom. The van der Waals surface area contributed by atoms with E-state index >= 15 is 0 Å². The second-order valence-corrected chi connectivity index (χ2v) is 3.48. The van der Waals surface area contributed by atoms with Gasteiger partial charge in [0.15, 0.2) is 0 Å². The monoisotopic (exact) mass is 201 g/mol. The fourth-order valence-corrected chi connectivity index (χ4v) is 1.07. The number of hydrogen-bond donors (Lipinski definition) is 2. The van der Waals surface area contributed by atoms with Crippen LogP contribution in [0.3, 0.4) is 0 Å². The Kier molecular flexibility index (Phi) is 6.80. The molecule has 0 spiro atoms. The van der Waals surface area contributed by atoms with Crippen molar-refractivity contribution in [1.29, 1.82) is 0 Å². The van der Waals surface area contributed by atoms with E-state index in [9.17, 15) is 9.59 Å². The molecule has 0 saturated heterocycles. The minimum atomic E-state index is -0.773. The molecule has 0 aromatic heterocycles. The number of carboxylic acid groups (broad SMARTS) is 1. The van der Waals surface area contributed by atoms with Gasteiger partial charge in [0, 0.05) is 13.0 Å². The van der Waals surface area contributed by atoms with Crippen LogP contribution in [-0.4, -0.2) is 23.5 Å². The van der Waals surface area contributed by atoms with Crippen LogP contribution >= 0.6 is 0 Å². The number of amides is 1. The quantitative estimate of drug-likeness (QED) is 0.612. The van der Waals surface area contributed by atoms with Crippen LogP contribution in [0.5, 0.6) is 0 Å². The zero-order valence-electron chi connectivity index (χ0n) is 8.88. The summed E-state index contributed by atoms with van der Waals surface area (Å²) in [7, 11) is 0. The summed E-state index contributed by atoms with van der Waals surface area (Å²) in [5, 5.41) is 11.3. The lowest BCUT2D eigenvalue weighted by Crippen LogP contribution is -2.24. The predicted octanol–water partition coefficient (Wildman–Crippen LogP) is 1.40. The van der Waals surface area contributed by atoms with E-state index in [4.69, 9.17) is 5.11 Å². The first-order chi connectivity index (χ1) is 6.57. The highest BCUT2D eigenvalue weighted by Gasteiger charge is 2.09. The van der Waals surface area contributed by atoms with Crippen molar-refractivity contribution in [2.45, 2.75) is 39.5 Å². The topological polar surface area (TPSA) is 66.4 Å². The molecule has 0 aliphatic rings. The van der Waals surface area contributed by atoms with Gasteiger partial charge < -0.3 is 10.4 Å². The molecule has 4 nitrogen and oxygen atoms in total. The van der Waals surface area contributed by atoms with Crippen molar-refractivity contribution in [3.05, 3.63) is 0 Å². The van der Waals surface area contributed by atoms with Gasteiger partial charge in [-0.2, -0.15) is 0 Å². The minimum absolute atomic E-state index is 0.0514. The number of hydrogen-bond acceptors (Lipinski definition) is 2. The number of carbonyl (C=O) groups excluding carboxylic acids is 1. The van der Waals surface area contributed by atoms with Crippen LogP contribution in [0.25, 0.3) is 0 Å². The van der Waals surface area contributed by atoms with E-state index in [0.29, 0.717) is 19.4 Å². The average Bonchev–Trinajstić information content (AvgIpc) is 2.12. The molecular formula is C10H19NO3. The fourth-order valence-electron chi connectivity index (χ4n) is 1.07. The Hall–Kier alpha value is -1.06. The third-order valence-electron chi connectivity index (χ3n) is 2.03. The van der Waals surface area contributed by atoms with E-state index in [1.54, 1.807) is 6.92 Å². The lowest BCUT2D eigenvalue weighted by Gasteiger charge is -2.06. The van der Waals surface area contributed by atoms with E-state index in [2.05, 4.69) is 5.32 Å². The normalized spacial score (nSPS) is 12.1. The summed E-state index contributed by atoms with van der Waals surface area (Å²) in [6.45, 7) is 4.21. The largest absolute Gasteiger partial charge is 0.481 e. The Morgan fingerprint density at radius 2 is 2.07 bits per heavy atom. The van der Waals surface area contributed by atoms with Gasteiger partial charge in [0.1, 0.15) is 0 Å². The molecule has 1 amide bonds. The molecule has 0 aliphatic carbocycles. The van der Waals surface area contributed by atoms with Crippen LogP contribution in [-0.2, 0) is 9.59 Å². The van der Waals surface area contributed by atoms with Gasteiger partial charge in [-0.25, -0.2) is 0 Å². The van der Waals surface area contributed by atoms with Crippen LogP contribution < -0.4 is 5.32 Å². The van der Waals surface area contributed by atoms with E-state index in [1.807, 2.05) is 6.92 Å². The molecule has 0 heterocycles. The molecule has 0 fully saturated rings. The molecule has 0 aliphatic heterocycles. The highest BCUT2D eigenvalue weighted by Crippen LogP contribution is 2.04. The molecule has 0 aromatic rings. The average molecular weight is 201 g/mol. The SMILES string of the molecule is CCCC(=O)NCCCC(C)C(=O)O. The van der Waals surface area contributed by atoms with Crippen LogP contribution in [0, 0.1) is 5.92 Å². The summed E-state index contributed by atoms with van der Waals surface area (Å²) in [5.74, 6) is -1.04. The van der Waals surface area contributed by atoms with Gasteiger partial charge in [-0.3, -0.25) is 9.59 Å². The first-order valence-electron chi connectivity index (χ1n) is 5.07. The number of aliphatic carboxylic acids is 1. The summed E-state index contributed by atoms with van der Waals surface area (Å²) in [4.78, 5) is 21.4. The number of carboxylic acids is 1. The summed E-state index contributed by atoms with van der Waals surface area (Å²) in [5.41, 5.74) is 0. The molecule has 4 heteroatoms. The van der Waals surface area contributed by atoms with Crippen molar-refractivity contribution in [2.75, 3.05) is 6.54 Å². The van der Waals surface area contributed by atoms with Gasteiger partial charge in [-0.15, -0.1) is 0 Å². The third-order valence-corrected chi connectivity index (χ3v) is 2.03. The van der Waals surface area contributed by atoms with Crippen molar-refractivity contribution in [3.8, 4) is 0 Å². The highest BCUT2D eigenvalue weighted by atomic mass is 16.4. The van der Waals surface area contributed by atoms with E-state index in [1.165, 1.54) is 0 Å². The number of nitrogens with one attached hydrogen (secondary N) is 1. The molecule has 82 valence electrons. The molecule has 1 unspecified atom stereocenters. The first-order valence-corrected chi connectivity index (χ1v) is 5.07. The molecule has 1 atom stereocenters. The van der Waals surface area contributed by atoms with Crippen molar-refractivity contribution < 1.29 is 14.7 Å². The number of rotatable bonds is 7. The van der Waals surface area contributed by atoms with Gasteiger partial charge in [-0.1, -0.05) is 13.8 Å². The van der Waals surface area contributed by atoms with Crippen LogP contribution in [0.15, 0.2) is 0 Å². The Balaban J connectivity index is 3.37. The molecule has 14 heavy (non-hydrogen) atoms. The van der Waals surface area contributed by atoms with E-state index in [0.717, 1.165) is 12.8 Å². The van der Waals surface area contributed by atoms with Crippen LogP contribution in [0.1, 0.15) is 39.5 Å². The Morgan fingerprint density at radius 3 is 2.57 bits per heavy atom. The third kappa shape index (κ3) is 6.46. The molecule has 2 N–H and O–H groups in total. The maximum Gasteiger partial charge on any atom is 0.306 e. The van der Waals surface area contributed by atoms with E-state index < -0.39 is 5.97 Å². The van der Waals surface area contributed by atoms with E-state index in [-0.39, 0.29) is 11.8 Å². The Labute approximate surface area is 84.7 Å². The maximum absolute atomic E-state index is 11.0. The van der Waals surface area contributed by atoms with Gasteiger partial charge in [-0.05, 0) is 19.3 Å². The van der Waals surface area contributed by atoms with Crippen molar-refractivity contribution in [1.82, 2.24) is 5.32 Å². The van der Waals surface area contributed by atoms with Gasteiger partial charge in [0.2, 0.25) is 5.91 Å². The molecule has 0 aromatic carbocycles. The van der Waals surface area contributed by atoms with Crippen molar-refractivity contribution in [2.24, 2.45) is 5.92 Å². The van der Waals surface area contributed by atoms with Crippen molar-refractivity contribution in [3.63, 3.8) is 0 Å².